The third kappa shape index (κ3) is 3.83. The van der Waals surface area contributed by atoms with E-state index in [9.17, 15) is 13.2 Å². The monoisotopic (exact) mass is 375 g/mol. The highest BCUT2D eigenvalue weighted by molar-refractivity contribution is 7.91. The quantitative estimate of drug-likeness (QED) is 0.714. The lowest BCUT2D eigenvalue weighted by Gasteiger charge is -2.16. The first-order chi connectivity index (χ1) is 12.0. The number of furan rings is 1. The maximum atomic E-state index is 13.0. The minimum atomic E-state index is -3.71. The average Bonchev–Trinajstić information content (AvgIpc) is 3.29. The molecule has 0 bridgehead atoms. The molecule has 5 nitrogen and oxygen atoms in total. The molecule has 1 N–H and O–H groups in total. The van der Waals surface area contributed by atoms with E-state index in [0.717, 1.165) is 5.56 Å². The van der Waals surface area contributed by atoms with Gasteiger partial charge in [-0.2, -0.15) is 0 Å². The maximum absolute atomic E-state index is 13.0. The van der Waals surface area contributed by atoms with Crippen molar-refractivity contribution in [2.45, 2.75) is 17.1 Å². The molecule has 1 atom stereocenters. The van der Waals surface area contributed by atoms with Crippen LogP contribution >= 0.6 is 11.3 Å². The fraction of sp³-hybridized carbons (Fsp3) is 0.167. The standard InChI is InChI=1S/C18H17NO4S2/c1-13-6-8-14(9-7-13)25(21,22)17(15-4-2-10-23-15)12-19-18(20)16-5-3-11-24-16/h2-11,17H,12H2,1H3,(H,19,20)/t17-/m1/s1. The molecule has 2 heterocycles. The van der Waals surface area contributed by atoms with Gasteiger partial charge >= 0.3 is 0 Å². The Morgan fingerprint density at radius 1 is 1.16 bits per heavy atom. The predicted octanol–water partition coefficient (Wildman–Crippen LogP) is 3.59. The Kier molecular flexibility index (Phi) is 5.06. The van der Waals surface area contributed by atoms with Crippen molar-refractivity contribution >= 4 is 27.1 Å². The summed E-state index contributed by atoms with van der Waals surface area (Å²) < 4.78 is 31.4. The number of rotatable bonds is 6. The Hall–Kier alpha value is -2.38. The van der Waals surface area contributed by atoms with E-state index in [-0.39, 0.29) is 17.3 Å². The summed E-state index contributed by atoms with van der Waals surface area (Å²) in [6.07, 6.45) is 1.42. The van der Waals surface area contributed by atoms with Gasteiger partial charge in [-0.1, -0.05) is 23.8 Å². The Morgan fingerprint density at radius 2 is 1.92 bits per heavy atom. The molecule has 0 saturated heterocycles. The highest BCUT2D eigenvalue weighted by Gasteiger charge is 2.32. The fourth-order valence-electron chi connectivity index (χ4n) is 2.41. The van der Waals surface area contributed by atoms with Gasteiger partial charge < -0.3 is 9.73 Å². The fourth-order valence-corrected chi connectivity index (χ4v) is 4.64. The van der Waals surface area contributed by atoms with Crippen molar-refractivity contribution in [1.29, 1.82) is 0 Å². The van der Waals surface area contributed by atoms with Crippen molar-refractivity contribution in [3.8, 4) is 0 Å². The molecule has 1 amide bonds. The minimum absolute atomic E-state index is 0.0690. The Balaban J connectivity index is 1.87. The molecule has 0 saturated carbocycles. The minimum Gasteiger partial charge on any atom is -0.468 e. The molecule has 0 radical (unpaired) electrons. The van der Waals surface area contributed by atoms with Gasteiger partial charge in [0.05, 0.1) is 16.0 Å². The van der Waals surface area contributed by atoms with Crippen LogP contribution in [0.3, 0.4) is 0 Å². The van der Waals surface area contributed by atoms with Crippen molar-refractivity contribution < 1.29 is 17.6 Å². The van der Waals surface area contributed by atoms with E-state index < -0.39 is 15.1 Å². The van der Waals surface area contributed by atoms with Gasteiger partial charge in [0.2, 0.25) is 0 Å². The van der Waals surface area contributed by atoms with Crippen LogP contribution in [-0.4, -0.2) is 20.9 Å². The average molecular weight is 375 g/mol. The number of hydrogen-bond acceptors (Lipinski definition) is 5. The summed E-state index contributed by atoms with van der Waals surface area (Å²) in [4.78, 5) is 12.9. The zero-order valence-electron chi connectivity index (χ0n) is 13.5. The lowest BCUT2D eigenvalue weighted by atomic mass is 10.2. The van der Waals surface area contributed by atoms with Gasteiger partial charge in [0, 0.05) is 6.54 Å². The van der Waals surface area contributed by atoms with E-state index in [0.29, 0.717) is 10.6 Å². The van der Waals surface area contributed by atoms with Gasteiger partial charge in [0.1, 0.15) is 11.0 Å². The first-order valence-corrected chi connectivity index (χ1v) is 10.1. The Labute approximate surface area is 150 Å². The third-order valence-electron chi connectivity index (χ3n) is 3.78. The van der Waals surface area contributed by atoms with E-state index in [1.807, 2.05) is 6.92 Å². The summed E-state index contributed by atoms with van der Waals surface area (Å²) in [5, 5.41) is 3.50. The van der Waals surface area contributed by atoms with Crippen molar-refractivity contribution in [3.05, 3.63) is 76.4 Å². The van der Waals surface area contributed by atoms with Gasteiger partial charge in [0.25, 0.3) is 5.91 Å². The normalized spacial score (nSPS) is 12.7. The van der Waals surface area contributed by atoms with Crippen LogP contribution in [0.2, 0.25) is 0 Å². The van der Waals surface area contributed by atoms with Crippen LogP contribution in [0.1, 0.15) is 26.2 Å². The lowest BCUT2D eigenvalue weighted by Crippen LogP contribution is -2.31. The Bertz CT molecular complexity index is 928. The Morgan fingerprint density at radius 3 is 2.52 bits per heavy atom. The number of hydrogen-bond donors (Lipinski definition) is 1. The highest BCUT2D eigenvalue weighted by atomic mass is 32.2. The molecule has 7 heteroatoms. The van der Waals surface area contributed by atoms with Crippen molar-refractivity contribution in [3.63, 3.8) is 0 Å². The molecular formula is C18H17NO4S2. The zero-order valence-corrected chi connectivity index (χ0v) is 15.1. The molecule has 0 fully saturated rings. The van der Waals surface area contributed by atoms with E-state index >= 15 is 0 Å². The molecule has 0 spiro atoms. The second kappa shape index (κ2) is 7.25. The maximum Gasteiger partial charge on any atom is 0.261 e. The molecule has 3 rings (SSSR count). The number of nitrogens with one attached hydrogen (secondary N) is 1. The van der Waals surface area contributed by atoms with E-state index in [1.54, 1.807) is 53.9 Å². The summed E-state index contributed by atoms with van der Waals surface area (Å²) in [5.74, 6) is -0.00211. The van der Waals surface area contributed by atoms with Crippen molar-refractivity contribution in [1.82, 2.24) is 5.32 Å². The second-order valence-electron chi connectivity index (χ2n) is 5.55. The summed E-state index contributed by atoms with van der Waals surface area (Å²) in [7, 11) is -3.71. The van der Waals surface area contributed by atoms with Crippen LogP contribution in [0.25, 0.3) is 0 Å². The van der Waals surface area contributed by atoms with Crippen molar-refractivity contribution in [2.24, 2.45) is 0 Å². The molecule has 3 aromatic rings. The number of thiophene rings is 1. The number of aryl methyl sites for hydroxylation is 1. The number of amides is 1. The molecular weight excluding hydrogens is 358 g/mol. The molecule has 25 heavy (non-hydrogen) atoms. The van der Waals surface area contributed by atoms with Crippen LogP contribution in [0, 0.1) is 6.92 Å². The molecule has 0 aliphatic heterocycles. The molecule has 2 aromatic heterocycles. The molecule has 0 unspecified atom stereocenters. The summed E-state index contributed by atoms with van der Waals surface area (Å²) in [6, 6.07) is 13.3. The first kappa shape index (κ1) is 17.4. The van der Waals surface area contributed by atoms with E-state index in [2.05, 4.69) is 5.32 Å². The predicted molar refractivity (Wildman–Crippen MR) is 96.5 cm³/mol. The van der Waals surface area contributed by atoms with E-state index in [4.69, 9.17) is 4.42 Å². The largest absolute Gasteiger partial charge is 0.468 e. The van der Waals surface area contributed by atoms with Crippen LogP contribution in [0.15, 0.2) is 69.5 Å². The van der Waals surface area contributed by atoms with Crippen LogP contribution < -0.4 is 5.32 Å². The molecule has 1 aromatic carbocycles. The number of benzene rings is 1. The third-order valence-corrected chi connectivity index (χ3v) is 6.72. The zero-order chi connectivity index (χ0) is 17.9. The lowest BCUT2D eigenvalue weighted by molar-refractivity contribution is 0.0957. The molecule has 0 aliphatic carbocycles. The van der Waals surface area contributed by atoms with Gasteiger partial charge in [0.15, 0.2) is 9.84 Å². The highest BCUT2D eigenvalue weighted by Crippen LogP contribution is 2.29. The first-order valence-electron chi connectivity index (χ1n) is 7.64. The van der Waals surface area contributed by atoms with Crippen LogP contribution in [0.5, 0.6) is 0 Å². The van der Waals surface area contributed by atoms with Gasteiger partial charge in [-0.25, -0.2) is 8.42 Å². The molecule has 130 valence electrons. The second-order valence-corrected chi connectivity index (χ2v) is 8.63. The smallest absolute Gasteiger partial charge is 0.261 e. The van der Waals surface area contributed by atoms with Crippen LogP contribution in [0.4, 0.5) is 0 Å². The van der Waals surface area contributed by atoms with Gasteiger partial charge in [-0.3, -0.25) is 4.79 Å². The topological polar surface area (TPSA) is 76.4 Å². The summed E-state index contributed by atoms with van der Waals surface area (Å²) >= 11 is 1.30. The van der Waals surface area contributed by atoms with Gasteiger partial charge in [-0.05, 0) is 42.6 Å². The van der Waals surface area contributed by atoms with Gasteiger partial charge in [-0.15, -0.1) is 11.3 Å². The van der Waals surface area contributed by atoms with Crippen molar-refractivity contribution in [2.75, 3.05) is 6.54 Å². The van der Waals surface area contributed by atoms with E-state index in [1.165, 1.54) is 17.6 Å². The number of carbonyl (C=O) groups is 1. The molecule has 0 aliphatic rings. The summed E-state index contributed by atoms with van der Waals surface area (Å²) in [5.41, 5.74) is 0.972. The number of carbonyl (C=O) groups excluding carboxylic acids is 1. The number of sulfone groups is 1. The van der Waals surface area contributed by atoms with Crippen LogP contribution in [-0.2, 0) is 9.84 Å². The SMILES string of the molecule is Cc1ccc(S(=O)(=O)[C@H](CNC(=O)c2cccs2)c2ccco2)cc1. The summed E-state index contributed by atoms with van der Waals surface area (Å²) in [6.45, 7) is 1.82.